The maximum absolute atomic E-state index is 13.0. The summed E-state index contributed by atoms with van der Waals surface area (Å²) in [5.74, 6) is 0. The molecule has 1 aliphatic heterocycles. The molecule has 2 nitrogen and oxygen atoms in total. The van der Waals surface area contributed by atoms with Crippen molar-refractivity contribution in [2.24, 2.45) is 0 Å². The molecule has 0 aromatic heterocycles. The van der Waals surface area contributed by atoms with E-state index in [-0.39, 0.29) is 12.0 Å². The Labute approximate surface area is 140 Å². The summed E-state index contributed by atoms with van der Waals surface area (Å²) in [6.45, 7) is 2.13. The molecule has 2 rings (SSSR count). The zero-order valence-electron chi connectivity index (χ0n) is 12.6. The number of hydrogen-bond donors (Lipinski definition) is 1. The second-order valence-corrected chi connectivity index (χ2v) is 6.10. The number of alkyl halides is 6. The molecular weight excluding hydrogens is 358 g/mol. The summed E-state index contributed by atoms with van der Waals surface area (Å²) in [6, 6.07) is 2.61. The maximum Gasteiger partial charge on any atom is 0.417 e. The van der Waals surface area contributed by atoms with Crippen LogP contribution >= 0.6 is 11.6 Å². The minimum absolute atomic E-state index is 0.206. The molecular formula is C15H17ClF6N2. The average Bonchev–Trinajstić information content (AvgIpc) is 2.47. The van der Waals surface area contributed by atoms with Gasteiger partial charge in [-0.2, -0.15) is 26.3 Å². The monoisotopic (exact) mass is 374 g/mol. The van der Waals surface area contributed by atoms with Crippen molar-refractivity contribution in [1.82, 2.24) is 10.2 Å². The van der Waals surface area contributed by atoms with Crippen LogP contribution in [0.2, 0.25) is 5.02 Å². The van der Waals surface area contributed by atoms with Gasteiger partial charge in [0.1, 0.15) is 0 Å². The van der Waals surface area contributed by atoms with E-state index in [2.05, 4.69) is 5.32 Å². The van der Waals surface area contributed by atoms with E-state index in [1.54, 1.807) is 4.90 Å². The number of benzene rings is 1. The van der Waals surface area contributed by atoms with Gasteiger partial charge < -0.3 is 5.32 Å². The van der Waals surface area contributed by atoms with Crippen LogP contribution in [0.4, 0.5) is 26.3 Å². The highest BCUT2D eigenvalue weighted by Gasteiger charge is 2.36. The Kier molecular flexibility index (Phi) is 6.04. The van der Waals surface area contributed by atoms with Crippen molar-refractivity contribution in [3.05, 3.63) is 34.3 Å². The molecule has 1 saturated heterocycles. The van der Waals surface area contributed by atoms with Crippen LogP contribution in [0.15, 0.2) is 18.2 Å². The van der Waals surface area contributed by atoms with Gasteiger partial charge in [-0.25, -0.2) is 0 Å². The first-order chi connectivity index (χ1) is 11.1. The fraction of sp³-hybridized carbons (Fsp3) is 0.600. The fourth-order valence-electron chi connectivity index (χ4n) is 2.82. The van der Waals surface area contributed by atoms with Gasteiger partial charge in [-0.1, -0.05) is 17.7 Å². The molecule has 1 N–H and O–H groups in total. The highest BCUT2D eigenvalue weighted by atomic mass is 35.5. The molecule has 24 heavy (non-hydrogen) atoms. The third-order valence-corrected chi connectivity index (χ3v) is 4.30. The lowest BCUT2D eigenvalue weighted by molar-refractivity contribution is -0.140. The molecule has 1 aromatic rings. The van der Waals surface area contributed by atoms with Gasteiger partial charge in [0.05, 0.1) is 10.6 Å². The van der Waals surface area contributed by atoms with Crippen molar-refractivity contribution in [2.75, 3.05) is 26.2 Å². The van der Waals surface area contributed by atoms with E-state index in [0.29, 0.717) is 26.2 Å². The molecule has 0 amide bonds. The van der Waals surface area contributed by atoms with Crippen LogP contribution in [0.25, 0.3) is 0 Å². The van der Waals surface area contributed by atoms with Crippen LogP contribution in [0.3, 0.4) is 0 Å². The van der Waals surface area contributed by atoms with Crippen molar-refractivity contribution in [1.29, 1.82) is 0 Å². The van der Waals surface area contributed by atoms with Gasteiger partial charge >= 0.3 is 12.4 Å². The van der Waals surface area contributed by atoms with Crippen molar-refractivity contribution in [3.8, 4) is 0 Å². The summed E-state index contributed by atoms with van der Waals surface area (Å²) < 4.78 is 76.9. The zero-order valence-corrected chi connectivity index (χ0v) is 13.4. The normalized spacial score (nSPS) is 18.6. The summed E-state index contributed by atoms with van der Waals surface area (Å²) in [6.07, 6.45) is -10.3. The highest BCUT2D eigenvalue weighted by Crippen LogP contribution is 2.38. The molecule has 0 aliphatic carbocycles. The summed E-state index contributed by atoms with van der Waals surface area (Å²) in [5, 5.41) is 2.62. The topological polar surface area (TPSA) is 15.3 Å². The Balaban J connectivity index is 2.31. The predicted molar refractivity (Wildman–Crippen MR) is 78.9 cm³/mol. The van der Waals surface area contributed by atoms with Crippen LogP contribution in [0.1, 0.15) is 30.0 Å². The number of hydrogen-bond acceptors (Lipinski definition) is 2. The van der Waals surface area contributed by atoms with E-state index in [4.69, 9.17) is 11.6 Å². The van der Waals surface area contributed by atoms with Crippen LogP contribution in [-0.2, 0) is 6.18 Å². The van der Waals surface area contributed by atoms with E-state index in [0.717, 1.165) is 12.1 Å². The molecule has 1 atom stereocenters. The van der Waals surface area contributed by atoms with Crippen molar-refractivity contribution >= 4 is 11.6 Å². The van der Waals surface area contributed by atoms with Crippen molar-refractivity contribution < 1.29 is 26.3 Å². The number of nitrogens with one attached hydrogen (secondary N) is 1. The van der Waals surface area contributed by atoms with E-state index in [9.17, 15) is 26.3 Å². The number of rotatable bonds is 4. The fourth-order valence-corrected chi connectivity index (χ4v) is 3.05. The Bertz CT molecular complexity index is 552. The number of piperazine rings is 1. The lowest BCUT2D eigenvalue weighted by Gasteiger charge is -2.35. The lowest BCUT2D eigenvalue weighted by Crippen LogP contribution is -2.45. The molecule has 0 bridgehead atoms. The quantitative estimate of drug-likeness (QED) is 0.772. The molecule has 0 unspecified atom stereocenters. The third kappa shape index (κ3) is 5.26. The lowest BCUT2D eigenvalue weighted by atomic mass is 9.97. The number of halogens is 7. The smallest absolute Gasteiger partial charge is 0.314 e. The summed E-state index contributed by atoms with van der Waals surface area (Å²) in [5.41, 5.74) is -0.813. The Morgan fingerprint density at radius 3 is 2.25 bits per heavy atom. The minimum atomic E-state index is -4.65. The van der Waals surface area contributed by atoms with E-state index >= 15 is 0 Å². The van der Waals surface area contributed by atoms with E-state index < -0.39 is 35.4 Å². The molecule has 0 spiro atoms. The predicted octanol–water partition coefficient (Wildman–Crippen LogP) is 4.65. The summed E-state index contributed by atoms with van der Waals surface area (Å²) in [4.78, 5) is 1.78. The molecule has 1 heterocycles. The maximum atomic E-state index is 13.0. The average molecular weight is 375 g/mol. The highest BCUT2D eigenvalue weighted by molar-refractivity contribution is 6.31. The first-order valence-electron chi connectivity index (χ1n) is 7.46. The SMILES string of the molecule is FC(F)(F)CC[C@H](c1ccc(Cl)c(C(F)(F)F)c1)N1CCNCC1. The van der Waals surface area contributed by atoms with Gasteiger partial charge in [0.15, 0.2) is 0 Å². The Hall–Kier alpha value is -0.990. The second-order valence-electron chi connectivity index (χ2n) is 5.69. The van der Waals surface area contributed by atoms with E-state index in [1.165, 1.54) is 6.07 Å². The Morgan fingerprint density at radius 2 is 1.71 bits per heavy atom. The molecule has 9 heteroatoms. The molecule has 1 aliphatic rings. The van der Waals surface area contributed by atoms with Gasteiger partial charge in [-0.05, 0) is 24.1 Å². The van der Waals surface area contributed by atoms with Crippen LogP contribution in [0.5, 0.6) is 0 Å². The first kappa shape index (κ1) is 19.3. The largest absolute Gasteiger partial charge is 0.417 e. The van der Waals surface area contributed by atoms with E-state index in [1.807, 2.05) is 0 Å². The Morgan fingerprint density at radius 1 is 1.08 bits per heavy atom. The van der Waals surface area contributed by atoms with Gasteiger partial charge in [0, 0.05) is 38.6 Å². The van der Waals surface area contributed by atoms with Crippen molar-refractivity contribution in [3.63, 3.8) is 0 Å². The molecule has 0 radical (unpaired) electrons. The third-order valence-electron chi connectivity index (χ3n) is 3.97. The van der Waals surface area contributed by atoms with Gasteiger partial charge in [-0.15, -0.1) is 0 Å². The standard InChI is InChI=1S/C15H17ClF6N2/c16-12-2-1-10(9-11(12)15(20,21)22)13(3-4-14(17,18)19)24-7-5-23-6-8-24/h1-2,9,13,23H,3-8H2/t13-/m1/s1. The number of nitrogens with zero attached hydrogens (tertiary/aromatic N) is 1. The van der Waals surface area contributed by atoms with Crippen LogP contribution < -0.4 is 5.32 Å². The summed E-state index contributed by atoms with van der Waals surface area (Å²) in [7, 11) is 0. The van der Waals surface area contributed by atoms with Gasteiger partial charge in [0.2, 0.25) is 0 Å². The molecule has 136 valence electrons. The van der Waals surface area contributed by atoms with Gasteiger partial charge in [-0.3, -0.25) is 4.90 Å². The van der Waals surface area contributed by atoms with Crippen molar-refractivity contribution in [2.45, 2.75) is 31.2 Å². The molecule has 0 saturated carbocycles. The van der Waals surface area contributed by atoms with Crippen LogP contribution in [-0.4, -0.2) is 37.3 Å². The first-order valence-corrected chi connectivity index (χ1v) is 7.84. The second kappa shape index (κ2) is 7.49. The minimum Gasteiger partial charge on any atom is -0.314 e. The summed E-state index contributed by atoms with van der Waals surface area (Å²) >= 11 is 5.60. The molecule has 1 fully saturated rings. The molecule has 1 aromatic carbocycles. The van der Waals surface area contributed by atoms with Gasteiger partial charge in [0.25, 0.3) is 0 Å². The zero-order chi connectivity index (χ0) is 18.0. The van der Waals surface area contributed by atoms with Crippen LogP contribution in [0, 0.1) is 0 Å².